The largest absolute Gasteiger partial charge is 0.367 e. The van der Waals surface area contributed by atoms with Gasteiger partial charge < -0.3 is 4.90 Å². The molecule has 4 nitrogen and oxygen atoms in total. The Kier molecular flexibility index (Phi) is 3.64. The van der Waals surface area contributed by atoms with Crippen LogP contribution in [0, 0.1) is 6.92 Å². The highest BCUT2D eigenvalue weighted by Gasteiger charge is 2.24. The zero-order valence-electron chi connectivity index (χ0n) is 10.8. The van der Waals surface area contributed by atoms with Crippen molar-refractivity contribution in [1.82, 2.24) is 0 Å². The van der Waals surface area contributed by atoms with Crippen molar-refractivity contribution < 1.29 is 13.0 Å². The molecule has 1 N–H and O–H groups in total. The summed E-state index contributed by atoms with van der Waals surface area (Å²) in [5.41, 5.74) is 3.53. The summed E-state index contributed by atoms with van der Waals surface area (Å²) in [7, 11) is -3.90. The van der Waals surface area contributed by atoms with Gasteiger partial charge in [-0.3, -0.25) is 4.55 Å². The lowest BCUT2D eigenvalue weighted by atomic mass is 9.95. The Balaban J connectivity index is 2.27. The van der Waals surface area contributed by atoms with Gasteiger partial charge in [-0.05, 0) is 43.9 Å². The average molecular weight is 269 g/mol. The number of hydrogen-bond donors (Lipinski definition) is 1. The molecule has 18 heavy (non-hydrogen) atoms. The van der Waals surface area contributed by atoms with E-state index in [1.807, 2.05) is 6.92 Å². The van der Waals surface area contributed by atoms with Gasteiger partial charge in [0.1, 0.15) is 0 Å². The van der Waals surface area contributed by atoms with Crippen molar-refractivity contribution in [3.8, 4) is 0 Å². The number of nitrogens with zero attached hydrogens (tertiary/aromatic N) is 1. The number of rotatable bonds is 3. The highest BCUT2D eigenvalue weighted by Crippen LogP contribution is 2.31. The first kappa shape index (κ1) is 13.4. The molecule has 1 atom stereocenters. The molecule has 100 valence electrons. The van der Waals surface area contributed by atoms with Gasteiger partial charge in [-0.2, -0.15) is 8.42 Å². The van der Waals surface area contributed by atoms with Crippen LogP contribution in [0.2, 0.25) is 0 Å². The summed E-state index contributed by atoms with van der Waals surface area (Å²) in [6, 6.07) is 6.59. The lowest BCUT2D eigenvalue weighted by molar-refractivity contribution is 0.479. The second-order valence-corrected chi connectivity index (χ2v) is 6.57. The average Bonchev–Trinajstić information content (AvgIpc) is 2.26. The van der Waals surface area contributed by atoms with Gasteiger partial charge in [0, 0.05) is 18.3 Å². The summed E-state index contributed by atoms with van der Waals surface area (Å²) in [4.78, 5) is 2.08. The van der Waals surface area contributed by atoms with E-state index in [-0.39, 0.29) is 5.75 Å². The summed E-state index contributed by atoms with van der Waals surface area (Å²) in [5.74, 6) is -0.218. The molecule has 0 spiro atoms. The smallest absolute Gasteiger partial charge is 0.266 e. The summed E-state index contributed by atoms with van der Waals surface area (Å²) >= 11 is 0. The van der Waals surface area contributed by atoms with Crippen molar-refractivity contribution in [3.63, 3.8) is 0 Å². The van der Waals surface area contributed by atoms with Crippen molar-refractivity contribution in [2.75, 3.05) is 17.2 Å². The Bertz CT molecular complexity index is 539. The van der Waals surface area contributed by atoms with Crippen molar-refractivity contribution in [2.24, 2.45) is 0 Å². The van der Waals surface area contributed by atoms with E-state index in [1.54, 1.807) is 0 Å². The summed E-state index contributed by atoms with van der Waals surface area (Å²) < 4.78 is 30.7. The third-order valence-corrected chi connectivity index (χ3v) is 4.20. The van der Waals surface area contributed by atoms with Crippen LogP contribution in [0.25, 0.3) is 0 Å². The maximum absolute atomic E-state index is 10.9. The highest BCUT2D eigenvalue weighted by atomic mass is 32.2. The van der Waals surface area contributed by atoms with E-state index in [1.165, 1.54) is 11.1 Å². The second kappa shape index (κ2) is 4.90. The molecule has 1 aromatic rings. The quantitative estimate of drug-likeness (QED) is 0.853. The number of benzene rings is 1. The molecule has 1 aliphatic rings. The minimum atomic E-state index is -3.90. The number of fused-ring (bicyclic) bond motifs is 1. The van der Waals surface area contributed by atoms with Gasteiger partial charge in [0.25, 0.3) is 10.1 Å². The lowest BCUT2D eigenvalue weighted by Crippen LogP contribution is -2.40. The fraction of sp³-hybridized carbons (Fsp3) is 0.538. The molecule has 0 bridgehead atoms. The Morgan fingerprint density at radius 1 is 1.44 bits per heavy atom. The molecule has 1 heterocycles. The molecule has 0 aromatic heterocycles. The van der Waals surface area contributed by atoms with Crippen LogP contribution >= 0.6 is 0 Å². The summed E-state index contributed by atoms with van der Waals surface area (Å²) in [6.07, 6.45) is 2.04. The van der Waals surface area contributed by atoms with Gasteiger partial charge in [-0.1, -0.05) is 12.1 Å². The first-order chi connectivity index (χ1) is 8.37. The van der Waals surface area contributed by atoms with Crippen LogP contribution in [0.3, 0.4) is 0 Å². The van der Waals surface area contributed by atoms with E-state index >= 15 is 0 Å². The first-order valence-electron chi connectivity index (χ1n) is 6.18. The standard InChI is InChI=1S/C13H19NO3S/c1-10-3-5-12-6-4-11(2)14(13(12)9-10)7-8-18(15,16)17/h3,5,9,11H,4,6-8H2,1-2H3,(H,15,16,17). The van der Waals surface area contributed by atoms with Gasteiger partial charge in [-0.25, -0.2) is 0 Å². The highest BCUT2D eigenvalue weighted by molar-refractivity contribution is 7.85. The fourth-order valence-corrected chi connectivity index (χ4v) is 2.89. The summed E-state index contributed by atoms with van der Waals surface area (Å²) in [5, 5.41) is 0. The van der Waals surface area contributed by atoms with Gasteiger partial charge in [0.05, 0.1) is 5.75 Å². The monoisotopic (exact) mass is 269 g/mol. The van der Waals surface area contributed by atoms with Gasteiger partial charge in [0.15, 0.2) is 0 Å². The zero-order chi connectivity index (χ0) is 13.3. The molecule has 1 aliphatic heterocycles. The Hall–Kier alpha value is -1.07. The molecule has 0 fully saturated rings. The maximum atomic E-state index is 10.9. The topological polar surface area (TPSA) is 57.6 Å². The van der Waals surface area contributed by atoms with Crippen LogP contribution in [0.5, 0.6) is 0 Å². The van der Waals surface area contributed by atoms with Crippen LogP contribution in [0.1, 0.15) is 24.5 Å². The predicted molar refractivity (Wildman–Crippen MR) is 72.7 cm³/mol. The molecule has 0 radical (unpaired) electrons. The fourth-order valence-electron chi connectivity index (χ4n) is 2.46. The van der Waals surface area contributed by atoms with Gasteiger partial charge >= 0.3 is 0 Å². The molecule has 1 unspecified atom stereocenters. The minimum absolute atomic E-state index is 0.218. The van der Waals surface area contributed by atoms with Crippen LogP contribution < -0.4 is 4.90 Å². The van der Waals surface area contributed by atoms with Gasteiger partial charge in [-0.15, -0.1) is 0 Å². The van der Waals surface area contributed by atoms with E-state index in [0.717, 1.165) is 18.5 Å². The van der Waals surface area contributed by atoms with Crippen LogP contribution in [-0.2, 0) is 16.5 Å². The molecular weight excluding hydrogens is 250 g/mol. The van der Waals surface area contributed by atoms with E-state index in [4.69, 9.17) is 4.55 Å². The Morgan fingerprint density at radius 2 is 2.17 bits per heavy atom. The van der Waals surface area contributed by atoms with E-state index < -0.39 is 10.1 Å². The molecular formula is C13H19NO3S. The lowest BCUT2D eigenvalue weighted by Gasteiger charge is -2.37. The van der Waals surface area contributed by atoms with Crippen LogP contribution in [0.15, 0.2) is 18.2 Å². The van der Waals surface area contributed by atoms with Crippen molar-refractivity contribution in [1.29, 1.82) is 0 Å². The van der Waals surface area contributed by atoms with Crippen molar-refractivity contribution >= 4 is 15.8 Å². The SMILES string of the molecule is Cc1ccc2c(c1)N(CCS(=O)(=O)O)C(C)CC2. The molecule has 2 rings (SSSR count). The van der Waals surface area contributed by atoms with Crippen molar-refractivity contribution in [3.05, 3.63) is 29.3 Å². The third kappa shape index (κ3) is 3.03. The van der Waals surface area contributed by atoms with E-state index in [2.05, 4.69) is 30.0 Å². The normalized spacial score (nSPS) is 19.7. The minimum Gasteiger partial charge on any atom is -0.367 e. The zero-order valence-corrected chi connectivity index (χ0v) is 11.6. The first-order valence-corrected chi connectivity index (χ1v) is 7.79. The number of anilines is 1. The molecule has 0 aliphatic carbocycles. The van der Waals surface area contributed by atoms with Crippen LogP contribution in [0.4, 0.5) is 5.69 Å². The number of aryl methyl sites for hydroxylation is 2. The van der Waals surface area contributed by atoms with Crippen molar-refractivity contribution in [2.45, 2.75) is 32.7 Å². The van der Waals surface area contributed by atoms with E-state index in [0.29, 0.717) is 12.6 Å². The maximum Gasteiger partial charge on any atom is 0.266 e. The Labute approximate surface area is 108 Å². The molecule has 1 aromatic carbocycles. The van der Waals surface area contributed by atoms with Crippen LogP contribution in [-0.4, -0.2) is 31.3 Å². The Morgan fingerprint density at radius 3 is 2.83 bits per heavy atom. The summed E-state index contributed by atoms with van der Waals surface area (Å²) in [6.45, 7) is 4.46. The van der Waals surface area contributed by atoms with Gasteiger partial charge in [0.2, 0.25) is 0 Å². The molecule has 0 saturated heterocycles. The third-order valence-electron chi connectivity index (χ3n) is 3.50. The second-order valence-electron chi connectivity index (χ2n) is 5.00. The van der Waals surface area contributed by atoms with E-state index in [9.17, 15) is 8.42 Å². The molecule has 0 amide bonds. The number of hydrogen-bond acceptors (Lipinski definition) is 3. The molecule has 0 saturated carbocycles. The molecule has 5 heteroatoms. The predicted octanol–water partition coefficient (Wildman–Crippen LogP) is 2.02.